The number of aliphatic hydroxyl groups is 1. The maximum atomic E-state index is 11.2. The van der Waals surface area contributed by atoms with E-state index in [1.165, 1.54) is 22.1 Å². The van der Waals surface area contributed by atoms with Crippen molar-refractivity contribution < 1.29 is 5.11 Å². The molecule has 1 atom stereocenters. The maximum absolute atomic E-state index is 11.2. The Morgan fingerprint density at radius 2 is 2.04 bits per heavy atom. The molecule has 1 aromatic carbocycles. The van der Waals surface area contributed by atoms with E-state index in [-0.39, 0.29) is 0 Å². The lowest BCUT2D eigenvalue weighted by Crippen LogP contribution is -2.32. The average Bonchev–Trinajstić information content (AvgIpc) is 2.90. The molecule has 2 N–H and O–H groups in total. The van der Waals surface area contributed by atoms with Crippen molar-refractivity contribution >= 4 is 16.5 Å². The number of aryl methyl sites for hydroxylation is 1. The van der Waals surface area contributed by atoms with Gasteiger partial charge in [0.05, 0.1) is 0 Å². The van der Waals surface area contributed by atoms with Gasteiger partial charge in [-0.25, -0.2) is 0 Å². The number of aromatic nitrogens is 1. The third-order valence-electron chi connectivity index (χ3n) is 4.97. The maximum Gasteiger partial charge on any atom is 0.110 e. The molecule has 1 aliphatic rings. The first kappa shape index (κ1) is 16.8. The van der Waals surface area contributed by atoms with Gasteiger partial charge in [-0.1, -0.05) is 42.0 Å². The van der Waals surface area contributed by atoms with E-state index in [2.05, 4.69) is 56.6 Å². The smallest absolute Gasteiger partial charge is 0.110 e. The Morgan fingerprint density at radius 1 is 1.29 bits per heavy atom. The Balaban J connectivity index is 1.88. The summed E-state index contributed by atoms with van der Waals surface area (Å²) in [7, 11) is 0. The normalized spacial score (nSPS) is 21.0. The van der Waals surface area contributed by atoms with Crippen LogP contribution in [0.5, 0.6) is 0 Å². The predicted octanol–water partition coefficient (Wildman–Crippen LogP) is 5.55. The molecule has 1 unspecified atom stereocenters. The number of hydrogen-bond donors (Lipinski definition) is 2. The Labute approximate surface area is 144 Å². The van der Waals surface area contributed by atoms with Gasteiger partial charge in [0.25, 0.3) is 0 Å². The molecule has 0 bridgehead atoms. The molecule has 126 valence electrons. The van der Waals surface area contributed by atoms with E-state index in [0.717, 1.165) is 36.0 Å². The zero-order chi connectivity index (χ0) is 17.3. The number of benzene rings is 1. The van der Waals surface area contributed by atoms with Crippen LogP contribution in [-0.4, -0.2) is 15.7 Å². The van der Waals surface area contributed by atoms with Crippen molar-refractivity contribution in [3.63, 3.8) is 0 Å². The predicted molar refractivity (Wildman–Crippen MR) is 103 cm³/mol. The largest absolute Gasteiger partial charge is 0.381 e. The molecule has 0 saturated carbocycles. The first-order valence-corrected chi connectivity index (χ1v) is 8.74. The van der Waals surface area contributed by atoms with Crippen LogP contribution >= 0.6 is 0 Å². The van der Waals surface area contributed by atoms with Crippen molar-refractivity contribution in [3.05, 3.63) is 65.4 Å². The summed E-state index contributed by atoms with van der Waals surface area (Å²) in [5.41, 5.74) is 5.83. The summed E-state index contributed by atoms with van der Waals surface area (Å²) >= 11 is 0. The molecular formula is C22H27NO. The van der Waals surface area contributed by atoms with Crippen LogP contribution in [0.25, 0.3) is 16.5 Å². The first-order valence-electron chi connectivity index (χ1n) is 8.74. The van der Waals surface area contributed by atoms with E-state index in [0.29, 0.717) is 6.42 Å². The second-order valence-electron chi connectivity index (χ2n) is 7.24. The fourth-order valence-electron chi connectivity index (χ4n) is 3.63. The minimum Gasteiger partial charge on any atom is -0.381 e. The molecule has 0 amide bonds. The topological polar surface area (TPSA) is 36.0 Å². The van der Waals surface area contributed by atoms with E-state index in [4.69, 9.17) is 0 Å². The lowest BCUT2D eigenvalue weighted by molar-refractivity contribution is 0.138. The summed E-state index contributed by atoms with van der Waals surface area (Å²) in [5, 5.41) is 12.4. The fourth-order valence-corrected chi connectivity index (χ4v) is 3.63. The molecule has 0 saturated heterocycles. The van der Waals surface area contributed by atoms with Crippen LogP contribution < -0.4 is 0 Å². The van der Waals surface area contributed by atoms with Crippen LogP contribution in [0, 0.1) is 0 Å². The molecular weight excluding hydrogens is 294 g/mol. The van der Waals surface area contributed by atoms with Crippen molar-refractivity contribution in [2.75, 3.05) is 0 Å². The van der Waals surface area contributed by atoms with Crippen LogP contribution in [0.15, 0.2) is 54.1 Å². The second kappa shape index (κ2) is 6.45. The summed E-state index contributed by atoms with van der Waals surface area (Å²) in [6.07, 6.45) is 7.81. The van der Waals surface area contributed by atoms with Gasteiger partial charge in [0, 0.05) is 22.2 Å². The highest BCUT2D eigenvalue weighted by atomic mass is 16.3. The van der Waals surface area contributed by atoms with Crippen LogP contribution in [0.1, 0.15) is 51.3 Å². The molecule has 0 aliphatic heterocycles. The molecule has 3 rings (SSSR count). The third kappa shape index (κ3) is 3.11. The Kier molecular flexibility index (Phi) is 4.51. The molecule has 0 radical (unpaired) electrons. The van der Waals surface area contributed by atoms with E-state index in [1.54, 1.807) is 0 Å². The minimum absolute atomic E-state index is 0.695. The summed E-state index contributed by atoms with van der Waals surface area (Å²) in [5.74, 6) is 0. The number of H-pyrrole nitrogens is 1. The zero-order valence-electron chi connectivity index (χ0n) is 14.9. The highest BCUT2D eigenvalue weighted by molar-refractivity contribution is 5.91. The van der Waals surface area contributed by atoms with Crippen LogP contribution in [0.4, 0.5) is 0 Å². The van der Waals surface area contributed by atoms with Gasteiger partial charge in [-0.15, -0.1) is 0 Å². The Morgan fingerprint density at radius 3 is 2.79 bits per heavy atom. The minimum atomic E-state index is -0.942. The number of allylic oxidation sites excluding steroid dienone is 3. The summed E-state index contributed by atoms with van der Waals surface area (Å²) in [6.45, 7) is 10.6. The molecule has 2 aromatic rings. The standard InChI is InChI=1S/C22H27NO/c1-15(2)8-7-9-16(3)14-22(24)13-12-19-18-10-5-6-11-20(18)23-21(19)17(22)4/h5-6,8,10-11,14,23-24H,4,7,9,12-13H2,1-3H3. The number of aromatic amines is 1. The highest BCUT2D eigenvalue weighted by Gasteiger charge is 2.35. The molecule has 24 heavy (non-hydrogen) atoms. The molecule has 0 spiro atoms. The molecule has 0 fully saturated rings. The quantitative estimate of drug-likeness (QED) is 0.711. The lowest BCUT2D eigenvalue weighted by Gasteiger charge is -2.32. The van der Waals surface area contributed by atoms with Gasteiger partial charge in [0.15, 0.2) is 0 Å². The summed E-state index contributed by atoms with van der Waals surface area (Å²) < 4.78 is 0. The first-order chi connectivity index (χ1) is 11.4. The van der Waals surface area contributed by atoms with Gasteiger partial charge in [0.1, 0.15) is 5.60 Å². The van der Waals surface area contributed by atoms with Crippen molar-refractivity contribution in [2.45, 2.75) is 52.1 Å². The van der Waals surface area contributed by atoms with Gasteiger partial charge in [-0.3, -0.25) is 0 Å². The fraction of sp³-hybridized carbons (Fsp3) is 0.364. The Hall–Kier alpha value is -2.06. The van der Waals surface area contributed by atoms with E-state index in [9.17, 15) is 5.11 Å². The van der Waals surface area contributed by atoms with E-state index >= 15 is 0 Å². The van der Waals surface area contributed by atoms with Crippen LogP contribution in [0.2, 0.25) is 0 Å². The third-order valence-corrected chi connectivity index (χ3v) is 4.97. The molecule has 2 nitrogen and oxygen atoms in total. The Bertz CT molecular complexity index is 833. The van der Waals surface area contributed by atoms with Gasteiger partial charge >= 0.3 is 0 Å². The number of nitrogens with one attached hydrogen (secondary N) is 1. The summed E-state index contributed by atoms with van der Waals surface area (Å²) in [4.78, 5) is 3.45. The lowest BCUT2D eigenvalue weighted by atomic mass is 9.78. The van der Waals surface area contributed by atoms with E-state index in [1.807, 2.05) is 12.1 Å². The SMILES string of the molecule is C=C1c2[nH]c3ccccc3c2CCC1(O)C=C(C)CCC=C(C)C. The van der Waals surface area contributed by atoms with Crippen LogP contribution in [0.3, 0.4) is 0 Å². The number of hydrogen-bond acceptors (Lipinski definition) is 1. The van der Waals surface area contributed by atoms with Gasteiger partial charge < -0.3 is 10.1 Å². The van der Waals surface area contributed by atoms with Gasteiger partial charge in [-0.05, 0) is 64.2 Å². The second-order valence-corrected chi connectivity index (χ2v) is 7.24. The monoisotopic (exact) mass is 321 g/mol. The number of rotatable bonds is 4. The molecule has 1 aromatic heterocycles. The number of fused-ring (bicyclic) bond motifs is 3. The summed E-state index contributed by atoms with van der Waals surface area (Å²) in [6, 6.07) is 8.32. The molecule has 2 heteroatoms. The van der Waals surface area contributed by atoms with Crippen molar-refractivity contribution in [2.24, 2.45) is 0 Å². The molecule has 1 heterocycles. The van der Waals surface area contributed by atoms with Crippen molar-refractivity contribution in [1.82, 2.24) is 4.98 Å². The van der Waals surface area contributed by atoms with Gasteiger partial charge in [-0.2, -0.15) is 0 Å². The van der Waals surface area contributed by atoms with Crippen molar-refractivity contribution in [3.8, 4) is 0 Å². The highest BCUT2D eigenvalue weighted by Crippen LogP contribution is 2.41. The van der Waals surface area contributed by atoms with Crippen molar-refractivity contribution in [1.29, 1.82) is 0 Å². The molecule has 1 aliphatic carbocycles. The van der Waals surface area contributed by atoms with Crippen LogP contribution in [-0.2, 0) is 6.42 Å². The average molecular weight is 321 g/mol. The zero-order valence-corrected chi connectivity index (χ0v) is 14.9. The van der Waals surface area contributed by atoms with E-state index < -0.39 is 5.60 Å². The van der Waals surface area contributed by atoms with Gasteiger partial charge in [0.2, 0.25) is 0 Å². The number of para-hydroxylation sites is 1.